The van der Waals surface area contributed by atoms with E-state index in [1.54, 1.807) is 6.92 Å². The molecule has 1 atom stereocenters. The number of carbonyl (C=O) groups is 1. The maximum absolute atomic E-state index is 12.6. The van der Waals surface area contributed by atoms with Gasteiger partial charge in [-0.15, -0.1) is 0 Å². The highest BCUT2D eigenvalue weighted by atomic mass is 16.5. The number of rotatable bonds is 9. The van der Waals surface area contributed by atoms with E-state index in [1.807, 2.05) is 79.2 Å². The summed E-state index contributed by atoms with van der Waals surface area (Å²) >= 11 is 0. The molecule has 0 amide bonds. The van der Waals surface area contributed by atoms with Crippen molar-refractivity contribution in [3.05, 3.63) is 95.4 Å². The van der Waals surface area contributed by atoms with Crippen molar-refractivity contribution in [3.8, 4) is 5.75 Å². The molecule has 0 saturated carbocycles. The van der Waals surface area contributed by atoms with E-state index < -0.39 is 6.10 Å². The fourth-order valence-electron chi connectivity index (χ4n) is 4.80. The first-order chi connectivity index (χ1) is 18.0. The minimum Gasteiger partial charge on any atom is -0.491 e. The molecule has 2 aromatic heterocycles. The number of hydrogen-bond donors (Lipinski definition) is 1. The number of benzene rings is 3. The Hall–Kier alpha value is -4.10. The molecule has 1 unspecified atom stereocenters. The maximum Gasteiger partial charge on any atom is 0.340 e. The van der Waals surface area contributed by atoms with Gasteiger partial charge < -0.3 is 23.7 Å². The second-order valence-corrected chi connectivity index (χ2v) is 9.17. The van der Waals surface area contributed by atoms with Crippen molar-refractivity contribution >= 4 is 27.9 Å². The molecular formula is C30H31N3O4. The van der Waals surface area contributed by atoms with E-state index in [1.165, 1.54) is 0 Å². The Bertz CT molecular complexity index is 1550. The Morgan fingerprint density at radius 3 is 2.57 bits per heavy atom. The third-order valence-electron chi connectivity index (χ3n) is 6.72. The highest BCUT2D eigenvalue weighted by Crippen LogP contribution is 2.29. The van der Waals surface area contributed by atoms with E-state index >= 15 is 0 Å². The lowest BCUT2D eigenvalue weighted by Gasteiger charge is -2.16. The van der Waals surface area contributed by atoms with Gasteiger partial charge in [-0.05, 0) is 49.7 Å². The largest absolute Gasteiger partial charge is 0.491 e. The molecule has 0 saturated heterocycles. The summed E-state index contributed by atoms with van der Waals surface area (Å²) in [5.74, 6) is 1.13. The van der Waals surface area contributed by atoms with Crippen LogP contribution in [0.4, 0.5) is 0 Å². The van der Waals surface area contributed by atoms with Crippen molar-refractivity contribution in [3.63, 3.8) is 0 Å². The second-order valence-electron chi connectivity index (χ2n) is 9.17. The average molecular weight is 498 g/mol. The molecule has 0 fully saturated rings. The predicted octanol–water partition coefficient (Wildman–Crippen LogP) is 5.04. The quantitative estimate of drug-likeness (QED) is 0.289. The Morgan fingerprint density at radius 2 is 1.78 bits per heavy atom. The van der Waals surface area contributed by atoms with Gasteiger partial charge in [0.05, 0.1) is 29.7 Å². The van der Waals surface area contributed by atoms with Crippen LogP contribution in [-0.4, -0.2) is 44.5 Å². The number of esters is 1. The summed E-state index contributed by atoms with van der Waals surface area (Å²) in [6.45, 7) is 4.46. The van der Waals surface area contributed by atoms with Gasteiger partial charge in [-0.25, -0.2) is 9.78 Å². The third-order valence-corrected chi connectivity index (χ3v) is 6.72. The van der Waals surface area contributed by atoms with Crippen molar-refractivity contribution in [1.29, 1.82) is 0 Å². The van der Waals surface area contributed by atoms with Gasteiger partial charge in [0, 0.05) is 30.1 Å². The number of imidazole rings is 1. The molecule has 3 aromatic carbocycles. The monoisotopic (exact) mass is 497 g/mol. The van der Waals surface area contributed by atoms with E-state index in [0.29, 0.717) is 30.9 Å². The number of aromatic nitrogens is 3. The second kappa shape index (κ2) is 10.5. The molecule has 7 heteroatoms. The molecule has 0 aliphatic heterocycles. The lowest BCUT2D eigenvalue weighted by Crippen LogP contribution is -2.24. The summed E-state index contributed by atoms with van der Waals surface area (Å²) in [5.41, 5.74) is 5.34. The first-order valence-electron chi connectivity index (χ1n) is 12.5. The molecule has 0 bridgehead atoms. The zero-order valence-electron chi connectivity index (χ0n) is 21.3. The van der Waals surface area contributed by atoms with Crippen molar-refractivity contribution in [2.75, 3.05) is 13.2 Å². The standard InChI is InChI=1S/C30H31N3O4/c1-4-36-30(35)29-20(2)32(3)26-15-14-23(17-24(26)29)37-19-22(34)18-33-27-13-9-8-12-25(27)31-28(33)16-21-10-6-5-7-11-21/h5-15,17,22,34H,4,16,18-19H2,1-3H3. The van der Waals surface area contributed by atoms with Gasteiger partial charge >= 0.3 is 5.97 Å². The molecule has 0 aliphatic rings. The molecule has 0 aliphatic carbocycles. The Morgan fingerprint density at radius 1 is 1.03 bits per heavy atom. The van der Waals surface area contributed by atoms with Gasteiger partial charge in [0.2, 0.25) is 0 Å². The van der Waals surface area contributed by atoms with Crippen molar-refractivity contribution in [1.82, 2.24) is 14.1 Å². The Kier molecular flexibility index (Phi) is 6.97. The number of nitrogens with zero attached hydrogens (tertiary/aromatic N) is 3. The van der Waals surface area contributed by atoms with Crippen LogP contribution in [-0.2, 0) is 24.8 Å². The molecular weight excluding hydrogens is 466 g/mol. The zero-order chi connectivity index (χ0) is 25.9. The fourth-order valence-corrected chi connectivity index (χ4v) is 4.80. The summed E-state index contributed by atoms with van der Waals surface area (Å²) < 4.78 is 15.3. The van der Waals surface area contributed by atoms with E-state index in [4.69, 9.17) is 14.5 Å². The molecule has 5 aromatic rings. The number of aryl methyl sites for hydroxylation is 1. The van der Waals surface area contributed by atoms with Crippen molar-refractivity contribution in [2.45, 2.75) is 32.9 Å². The topological polar surface area (TPSA) is 78.5 Å². The minimum atomic E-state index is -0.759. The number of carbonyl (C=O) groups excluding carboxylic acids is 1. The van der Waals surface area contributed by atoms with Crippen LogP contribution in [0.5, 0.6) is 5.75 Å². The Labute approximate surface area is 215 Å². The zero-order valence-corrected chi connectivity index (χ0v) is 21.3. The van der Waals surface area contributed by atoms with Gasteiger partial charge in [-0.3, -0.25) is 0 Å². The highest BCUT2D eigenvalue weighted by Gasteiger charge is 2.21. The number of aliphatic hydroxyl groups is 1. The first-order valence-corrected chi connectivity index (χ1v) is 12.5. The minimum absolute atomic E-state index is 0.101. The summed E-state index contributed by atoms with van der Waals surface area (Å²) in [7, 11) is 1.92. The van der Waals surface area contributed by atoms with Crippen LogP contribution in [0.25, 0.3) is 21.9 Å². The van der Waals surface area contributed by atoms with Crippen molar-refractivity contribution < 1.29 is 19.4 Å². The van der Waals surface area contributed by atoms with Crippen molar-refractivity contribution in [2.24, 2.45) is 7.05 Å². The molecule has 0 radical (unpaired) electrons. The highest BCUT2D eigenvalue weighted by molar-refractivity contribution is 6.06. The van der Waals surface area contributed by atoms with E-state index in [2.05, 4.69) is 16.7 Å². The molecule has 0 spiro atoms. The van der Waals surface area contributed by atoms with Gasteiger partial charge in [0.15, 0.2) is 0 Å². The number of hydrogen-bond acceptors (Lipinski definition) is 5. The summed E-state index contributed by atoms with van der Waals surface area (Å²) in [5, 5.41) is 11.7. The number of fused-ring (bicyclic) bond motifs is 2. The molecule has 5 rings (SSSR count). The smallest absolute Gasteiger partial charge is 0.340 e. The first kappa shape index (κ1) is 24.6. The maximum atomic E-state index is 12.6. The third kappa shape index (κ3) is 4.95. The number of para-hydroxylation sites is 2. The van der Waals surface area contributed by atoms with Crippen LogP contribution < -0.4 is 4.74 Å². The Balaban J connectivity index is 1.36. The lowest BCUT2D eigenvalue weighted by atomic mass is 10.1. The molecule has 2 heterocycles. The molecule has 7 nitrogen and oxygen atoms in total. The molecule has 37 heavy (non-hydrogen) atoms. The molecule has 1 N–H and O–H groups in total. The van der Waals surface area contributed by atoms with E-state index in [-0.39, 0.29) is 12.6 Å². The van der Waals surface area contributed by atoms with Crippen LogP contribution in [0.3, 0.4) is 0 Å². The number of ether oxygens (including phenoxy) is 2. The number of aliphatic hydroxyl groups excluding tert-OH is 1. The lowest BCUT2D eigenvalue weighted by molar-refractivity contribution is 0.0527. The van der Waals surface area contributed by atoms with Crippen LogP contribution in [0.2, 0.25) is 0 Å². The normalized spacial score (nSPS) is 12.2. The van der Waals surface area contributed by atoms with Crippen LogP contribution >= 0.6 is 0 Å². The van der Waals surface area contributed by atoms with Crippen LogP contribution in [0.15, 0.2) is 72.8 Å². The van der Waals surface area contributed by atoms with Gasteiger partial charge in [-0.2, -0.15) is 0 Å². The van der Waals surface area contributed by atoms with E-state index in [0.717, 1.165) is 39.0 Å². The van der Waals surface area contributed by atoms with Crippen LogP contribution in [0.1, 0.15) is 34.4 Å². The van der Waals surface area contributed by atoms with Gasteiger partial charge in [0.1, 0.15) is 24.3 Å². The molecule has 190 valence electrons. The summed E-state index contributed by atoms with van der Waals surface area (Å²) in [4.78, 5) is 17.4. The summed E-state index contributed by atoms with van der Waals surface area (Å²) in [6.07, 6.45) is -0.0890. The van der Waals surface area contributed by atoms with E-state index in [9.17, 15) is 9.90 Å². The SMILES string of the molecule is CCOC(=O)c1c(C)n(C)c2ccc(OCC(O)Cn3c(Cc4ccccc4)nc4ccccc43)cc12. The average Bonchev–Trinajstić information content (AvgIpc) is 3.37. The van der Waals surface area contributed by atoms with Gasteiger partial charge in [-0.1, -0.05) is 42.5 Å². The van der Waals surface area contributed by atoms with Crippen LogP contribution in [0, 0.1) is 6.92 Å². The van der Waals surface area contributed by atoms with Gasteiger partial charge in [0.25, 0.3) is 0 Å². The summed E-state index contributed by atoms with van der Waals surface area (Å²) in [6, 6.07) is 23.8. The predicted molar refractivity (Wildman–Crippen MR) is 144 cm³/mol. The fraction of sp³-hybridized carbons (Fsp3) is 0.267.